The van der Waals surface area contributed by atoms with Crippen molar-refractivity contribution >= 4 is 5.91 Å². The zero-order valence-electron chi connectivity index (χ0n) is 48.7. The van der Waals surface area contributed by atoms with Crippen molar-refractivity contribution in [3.63, 3.8) is 0 Å². The largest absolute Gasteiger partial charge is 0.394 e. The lowest BCUT2D eigenvalue weighted by Gasteiger charge is -2.40. The lowest BCUT2D eigenvalue weighted by Crippen LogP contribution is -2.60. The summed E-state index contributed by atoms with van der Waals surface area (Å²) >= 11 is 0. The van der Waals surface area contributed by atoms with Crippen LogP contribution >= 0.6 is 0 Å². The van der Waals surface area contributed by atoms with Crippen molar-refractivity contribution in [1.82, 2.24) is 5.32 Å². The second-order valence-corrected chi connectivity index (χ2v) is 20.7. The van der Waals surface area contributed by atoms with Gasteiger partial charge in [0.25, 0.3) is 0 Å². The summed E-state index contributed by atoms with van der Waals surface area (Å²) in [6.07, 6.45) is 78.1. The molecule has 9 nitrogen and oxygen atoms in total. The maximum absolute atomic E-state index is 13.1. The zero-order valence-corrected chi connectivity index (χ0v) is 48.7. The van der Waals surface area contributed by atoms with Gasteiger partial charge in [-0.25, -0.2) is 0 Å². The highest BCUT2D eigenvalue weighted by molar-refractivity contribution is 5.76. The third kappa shape index (κ3) is 44.8. The molecule has 0 radical (unpaired) electrons. The van der Waals surface area contributed by atoms with Crippen LogP contribution in [0.25, 0.3) is 0 Å². The van der Waals surface area contributed by atoms with Crippen LogP contribution in [0.3, 0.4) is 0 Å². The predicted octanol–water partition coefficient (Wildman–Crippen LogP) is 16.1. The third-order valence-electron chi connectivity index (χ3n) is 13.7. The van der Waals surface area contributed by atoms with Gasteiger partial charge in [0, 0.05) is 6.42 Å². The monoisotopic (exact) mass is 1070 g/mol. The highest BCUT2D eigenvalue weighted by atomic mass is 16.7. The molecule has 9 heteroatoms. The molecule has 6 N–H and O–H groups in total. The van der Waals surface area contributed by atoms with E-state index in [1.165, 1.54) is 109 Å². The van der Waals surface area contributed by atoms with Gasteiger partial charge in [-0.3, -0.25) is 4.79 Å². The fourth-order valence-electron chi connectivity index (χ4n) is 8.85. The number of unbranched alkanes of at least 4 members (excludes halogenated alkanes) is 21. The van der Waals surface area contributed by atoms with Crippen molar-refractivity contribution in [2.24, 2.45) is 0 Å². The van der Waals surface area contributed by atoms with E-state index in [4.69, 9.17) is 9.47 Å². The maximum Gasteiger partial charge on any atom is 0.220 e. The Labute approximate surface area is 471 Å². The van der Waals surface area contributed by atoms with Gasteiger partial charge >= 0.3 is 0 Å². The standard InChI is InChI=1S/C68H113NO8/c1-3-5-7-9-11-13-15-17-19-21-23-25-27-29-31-33-35-37-39-41-43-45-47-49-51-53-55-57-62(71)61(60-76-68-67(75)66(74)65(73)63(59-70)77-68)69-64(72)58-56-54-52-50-48-46-44-42-40-38-36-34-32-30-28-26-24-22-20-18-16-14-12-10-8-6-4-2/h6,8,12,14,18,20,24,26,30,32,36,38-39,41-42,44,47-50,55,57,61-63,65-68,70-71,73-75H,3-5,7,9-11,13,15-17,19,21-23,25,27-29,31,33-35,37,40,43,45-46,51-54,56,58-60H2,1-2H3,(H,69,72)/b8-6-,14-12-,20-18-,26-24-,32-30-,38-36-,41-39+,44-42-,49-47+,50-48-,57-55+. The smallest absolute Gasteiger partial charge is 0.220 e. The molecule has 0 aromatic carbocycles. The zero-order chi connectivity index (χ0) is 55.8. The summed E-state index contributed by atoms with van der Waals surface area (Å²) in [6.45, 7) is 3.62. The van der Waals surface area contributed by atoms with Crippen LogP contribution in [0.4, 0.5) is 0 Å². The molecule has 0 bridgehead atoms. The van der Waals surface area contributed by atoms with Crippen LogP contribution in [-0.4, -0.2) is 87.5 Å². The molecule has 7 unspecified atom stereocenters. The number of aliphatic hydroxyl groups is 5. The SMILES string of the molecule is CC/C=C\C/C=C\C/C=C\C/C=C\C/C=C\C/C=C\C/C=C\C/C=C\CCCCC(=O)NC(COC1OC(CO)C(O)C(O)C1O)C(O)/C=C/CC/C=C/CC/C=C/CCCCCCCCCCCCCCCCCCC. The molecule has 7 atom stereocenters. The van der Waals surface area contributed by atoms with Gasteiger partial charge < -0.3 is 40.3 Å². The minimum atomic E-state index is -1.59. The average Bonchev–Trinajstić information content (AvgIpc) is 3.43. The van der Waals surface area contributed by atoms with Crippen molar-refractivity contribution < 1.29 is 39.8 Å². The predicted molar refractivity (Wildman–Crippen MR) is 327 cm³/mol. The molecule has 1 aliphatic rings. The second-order valence-electron chi connectivity index (χ2n) is 20.7. The molecule has 1 rings (SSSR count). The second kappa shape index (κ2) is 55.6. The number of carbonyl (C=O) groups is 1. The van der Waals surface area contributed by atoms with Crippen LogP contribution in [-0.2, 0) is 14.3 Å². The molecule has 1 amide bonds. The molecule has 0 aliphatic carbocycles. The van der Waals surface area contributed by atoms with Crippen LogP contribution in [0, 0.1) is 0 Å². The molecular weight excluding hydrogens is 959 g/mol. The van der Waals surface area contributed by atoms with E-state index in [9.17, 15) is 30.3 Å². The number of aliphatic hydroxyl groups excluding tert-OH is 5. The van der Waals surface area contributed by atoms with Crippen molar-refractivity contribution in [2.45, 2.75) is 275 Å². The van der Waals surface area contributed by atoms with Crippen LogP contribution in [0.1, 0.15) is 232 Å². The van der Waals surface area contributed by atoms with Gasteiger partial charge in [0.2, 0.25) is 5.91 Å². The van der Waals surface area contributed by atoms with Gasteiger partial charge in [-0.15, -0.1) is 0 Å². The summed E-state index contributed by atoms with van der Waals surface area (Å²) in [4.78, 5) is 13.1. The molecule has 1 heterocycles. The minimum Gasteiger partial charge on any atom is -0.394 e. The Bertz CT molecular complexity index is 1670. The summed E-state index contributed by atoms with van der Waals surface area (Å²) in [7, 11) is 0. The number of carbonyl (C=O) groups excluding carboxylic acids is 1. The maximum atomic E-state index is 13.1. The number of allylic oxidation sites excluding steroid dienone is 21. The minimum absolute atomic E-state index is 0.233. The number of hydrogen-bond donors (Lipinski definition) is 6. The van der Waals surface area contributed by atoms with E-state index in [0.717, 1.165) is 89.9 Å². The van der Waals surface area contributed by atoms with E-state index < -0.39 is 49.5 Å². The Morgan fingerprint density at radius 3 is 1.25 bits per heavy atom. The summed E-state index contributed by atoms with van der Waals surface area (Å²) < 4.78 is 11.2. The molecule has 77 heavy (non-hydrogen) atoms. The molecule has 0 saturated carbocycles. The quantitative estimate of drug-likeness (QED) is 0.0261. The van der Waals surface area contributed by atoms with E-state index >= 15 is 0 Å². The van der Waals surface area contributed by atoms with Gasteiger partial charge in [0.05, 0.1) is 25.4 Å². The van der Waals surface area contributed by atoms with E-state index in [-0.39, 0.29) is 18.9 Å². The summed E-state index contributed by atoms with van der Waals surface area (Å²) in [6, 6.07) is -0.864. The van der Waals surface area contributed by atoms with Gasteiger partial charge in [-0.2, -0.15) is 0 Å². The highest BCUT2D eigenvalue weighted by Gasteiger charge is 2.44. The number of rotatable bonds is 51. The summed E-state index contributed by atoms with van der Waals surface area (Å²) in [5.74, 6) is -0.238. The van der Waals surface area contributed by atoms with Crippen molar-refractivity contribution in [2.75, 3.05) is 13.2 Å². The number of ether oxygens (including phenoxy) is 2. The Hall–Kier alpha value is -3.67. The van der Waals surface area contributed by atoms with Crippen LogP contribution in [0.5, 0.6) is 0 Å². The Kier molecular flexibility index (Phi) is 51.5. The first kappa shape index (κ1) is 71.3. The third-order valence-corrected chi connectivity index (χ3v) is 13.7. The normalized spacial score (nSPS) is 19.7. The molecule has 0 aromatic heterocycles. The van der Waals surface area contributed by atoms with Crippen molar-refractivity contribution in [3.05, 3.63) is 134 Å². The van der Waals surface area contributed by atoms with Gasteiger partial charge in [-0.1, -0.05) is 250 Å². The average molecular weight is 1070 g/mol. The first-order valence-electron chi connectivity index (χ1n) is 30.9. The van der Waals surface area contributed by atoms with Crippen LogP contribution in [0.2, 0.25) is 0 Å². The first-order chi connectivity index (χ1) is 37.8. The Morgan fingerprint density at radius 1 is 0.455 bits per heavy atom. The molecule has 1 aliphatic heterocycles. The Morgan fingerprint density at radius 2 is 0.818 bits per heavy atom. The fraction of sp³-hybridized carbons (Fsp3) is 0.662. The van der Waals surface area contributed by atoms with Gasteiger partial charge in [0.15, 0.2) is 6.29 Å². The van der Waals surface area contributed by atoms with Crippen LogP contribution in [0.15, 0.2) is 134 Å². The number of nitrogens with one attached hydrogen (secondary N) is 1. The van der Waals surface area contributed by atoms with Crippen LogP contribution < -0.4 is 5.32 Å². The van der Waals surface area contributed by atoms with Crippen molar-refractivity contribution in [1.29, 1.82) is 0 Å². The molecule has 0 spiro atoms. The molecule has 1 fully saturated rings. The lowest BCUT2D eigenvalue weighted by atomic mass is 9.99. The highest BCUT2D eigenvalue weighted by Crippen LogP contribution is 2.23. The van der Waals surface area contributed by atoms with E-state index in [0.29, 0.717) is 12.8 Å². The summed E-state index contributed by atoms with van der Waals surface area (Å²) in [5, 5.41) is 54.5. The van der Waals surface area contributed by atoms with Crippen molar-refractivity contribution in [3.8, 4) is 0 Å². The fourth-order valence-corrected chi connectivity index (χ4v) is 8.85. The van der Waals surface area contributed by atoms with E-state index in [1.807, 2.05) is 6.08 Å². The van der Waals surface area contributed by atoms with E-state index in [2.05, 4.69) is 141 Å². The lowest BCUT2D eigenvalue weighted by molar-refractivity contribution is -0.302. The molecule has 1 saturated heterocycles. The van der Waals surface area contributed by atoms with Gasteiger partial charge in [-0.05, 0) is 109 Å². The molecular formula is C68H113NO8. The molecule has 438 valence electrons. The number of amides is 1. The summed E-state index contributed by atoms with van der Waals surface area (Å²) in [5.41, 5.74) is 0. The van der Waals surface area contributed by atoms with E-state index in [1.54, 1.807) is 6.08 Å². The molecule has 0 aromatic rings. The number of hydrogen-bond acceptors (Lipinski definition) is 8. The topological polar surface area (TPSA) is 149 Å². The Balaban J connectivity index is 2.30. The van der Waals surface area contributed by atoms with Gasteiger partial charge in [0.1, 0.15) is 24.4 Å². The first-order valence-corrected chi connectivity index (χ1v) is 30.9.